The lowest BCUT2D eigenvalue weighted by Crippen LogP contribution is -2.45. The zero-order chi connectivity index (χ0) is 18.7. The largest absolute Gasteiger partial charge is 0.350 e. The highest BCUT2D eigenvalue weighted by Gasteiger charge is 2.38. The molecule has 5 heteroatoms. The highest BCUT2D eigenvalue weighted by atomic mass is 16.2. The van der Waals surface area contributed by atoms with Crippen molar-refractivity contribution in [3.63, 3.8) is 0 Å². The number of carbonyl (C=O) groups is 1. The predicted octanol–water partition coefficient (Wildman–Crippen LogP) is 3.08. The fraction of sp³-hybridized carbons (Fsp3) is 0.227. The average molecular weight is 359 g/mol. The smallest absolute Gasteiger partial charge is 0.271 e. The van der Waals surface area contributed by atoms with Crippen molar-refractivity contribution in [2.45, 2.75) is 24.7 Å². The van der Waals surface area contributed by atoms with Gasteiger partial charge in [0.1, 0.15) is 5.69 Å². The summed E-state index contributed by atoms with van der Waals surface area (Å²) in [4.78, 5) is 24.8. The zero-order valence-electron chi connectivity index (χ0n) is 15.0. The van der Waals surface area contributed by atoms with Gasteiger partial charge in [-0.1, -0.05) is 55.0 Å². The first kappa shape index (κ1) is 17.2. The van der Waals surface area contributed by atoms with Gasteiger partial charge in [-0.15, -0.1) is 0 Å². The van der Waals surface area contributed by atoms with Crippen LogP contribution in [0.4, 0.5) is 0 Å². The standard InChI is InChI=1S/C22H21N3O2/c26-20-13-12-19(24-25(20)18-10-5-2-6-11-18)21(27)23-16-22(14-7-15-22)17-8-3-1-4-9-17/h1-6,8-13H,7,14-16H2,(H,23,27). The minimum absolute atomic E-state index is 0.00476. The van der Waals surface area contributed by atoms with E-state index >= 15 is 0 Å². The Labute approximate surface area is 157 Å². The molecule has 0 atom stereocenters. The topological polar surface area (TPSA) is 64.0 Å². The molecule has 3 aromatic rings. The van der Waals surface area contributed by atoms with E-state index in [0.717, 1.165) is 12.8 Å². The molecule has 0 saturated heterocycles. The van der Waals surface area contributed by atoms with E-state index in [1.54, 1.807) is 12.1 Å². The van der Waals surface area contributed by atoms with Crippen LogP contribution in [0, 0.1) is 0 Å². The van der Waals surface area contributed by atoms with Crippen LogP contribution in [0.5, 0.6) is 0 Å². The Kier molecular flexibility index (Phi) is 4.59. The van der Waals surface area contributed by atoms with Crippen LogP contribution in [0.3, 0.4) is 0 Å². The predicted molar refractivity (Wildman–Crippen MR) is 104 cm³/mol. The second-order valence-electron chi connectivity index (χ2n) is 6.99. The molecule has 0 spiro atoms. The maximum absolute atomic E-state index is 12.7. The number of para-hydroxylation sites is 1. The van der Waals surface area contributed by atoms with Gasteiger partial charge in [0.05, 0.1) is 5.69 Å². The van der Waals surface area contributed by atoms with E-state index in [4.69, 9.17) is 0 Å². The van der Waals surface area contributed by atoms with E-state index in [1.165, 1.54) is 28.8 Å². The minimum atomic E-state index is -0.266. The number of amides is 1. The van der Waals surface area contributed by atoms with Gasteiger partial charge in [-0.05, 0) is 36.6 Å². The molecule has 1 saturated carbocycles. The van der Waals surface area contributed by atoms with Crippen molar-refractivity contribution in [1.82, 2.24) is 15.1 Å². The monoisotopic (exact) mass is 359 g/mol. The van der Waals surface area contributed by atoms with Crippen molar-refractivity contribution in [1.29, 1.82) is 0 Å². The molecular formula is C22H21N3O2. The number of nitrogens with zero attached hydrogens (tertiary/aromatic N) is 2. The summed E-state index contributed by atoms with van der Waals surface area (Å²) in [7, 11) is 0. The highest BCUT2D eigenvalue weighted by Crippen LogP contribution is 2.43. The molecule has 0 aliphatic heterocycles. The number of hydrogen-bond donors (Lipinski definition) is 1. The summed E-state index contributed by atoms with van der Waals surface area (Å²) >= 11 is 0. The molecule has 1 amide bonds. The van der Waals surface area contributed by atoms with Crippen LogP contribution in [0.25, 0.3) is 5.69 Å². The van der Waals surface area contributed by atoms with E-state index < -0.39 is 0 Å². The molecule has 1 N–H and O–H groups in total. The van der Waals surface area contributed by atoms with Crippen LogP contribution < -0.4 is 10.9 Å². The normalized spacial score (nSPS) is 15.0. The third-order valence-corrected chi connectivity index (χ3v) is 5.32. The maximum Gasteiger partial charge on any atom is 0.271 e. The number of hydrogen-bond acceptors (Lipinski definition) is 3. The van der Waals surface area contributed by atoms with Crippen LogP contribution >= 0.6 is 0 Å². The van der Waals surface area contributed by atoms with Crippen LogP contribution in [0.2, 0.25) is 0 Å². The maximum atomic E-state index is 12.7. The van der Waals surface area contributed by atoms with Gasteiger partial charge in [0.25, 0.3) is 11.5 Å². The molecule has 1 aromatic heterocycles. The number of nitrogens with one attached hydrogen (secondary N) is 1. The van der Waals surface area contributed by atoms with Crippen molar-refractivity contribution < 1.29 is 4.79 Å². The van der Waals surface area contributed by atoms with Gasteiger partial charge in [0, 0.05) is 18.0 Å². The molecule has 1 aliphatic carbocycles. The van der Waals surface area contributed by atoms with Crippen LogP contribution in [-0.4, -0.2) is 22.2 Å². The molecule has 1 aliphatic rings. The molecule has 0 unspecified atom stereocenters. The summed E-state index contributed by atoms with van der Waals surface area (Å²) in [5.74, 6) is -0.262. The lowest BCUT2D eigenvalue weighted by molar-refractivity contribution is 0.0921. The minimum Gasteiger partial charge on any atom is -0.350 e. The Morgan fingerprint density at radius 2 is 1.63 bits per heavy atom. The van der Waals surface area contributed by atoms with Crippen LogP contribution in [0.15, 0.2) is 77.6 Å². The summed E-state index contributed by atoms with van der Waals surface area (Å²) in [6, 6.07) is 22.3. The van der Waals surface area contributed by atoms with Crippen LogP contribution in [-0.2, 0) is 5.41 Å². The summed E-state index contributed by atoms with van der Waals surface area (Å²) in [6.07, 6.45) is 3.30. The molecule has 2 aromatic carbocycles. The molecule has 1 fully saturated rings. The second kappa shape index (κ2) is 7.19. The van der Waals surface area contributed by atoms with Gasteiger partial charge in [0.15, 0.2) is 0 Å². The molecular weight excluding hydrogens is 338 g/mol. The van der Waals surface area contributed by atoms with Gasteiger partial charge in [-0.25, -0.2) is 0 Å². The second-order valence-corrected chi connectivity index (χ2v) is 6.99. The molecule has 0 radical (unpaired) electrons. The lowest BCUT2D eigenvalue weighted by atomic mass is 9.64. The van der Waals surface area contributed by atoms with Gasteiger partial charge in [-0.3, -0.25) is 9.59 Å². The molecule has 0 bridgehead atoms. The molecule has 5 nitrogen and oxygen atoms in total. The Morgan fingerprint density at radius 3 is 2.26 bits per heavy atom. The Morgan fingerprint density at radius 1 is 0.963 bits per heavy atom. The number of rotatable bonds is 5. The SMILES string of the molecule is O=C(NCC1(c2ccccc2)CCC1)c1ccc(=O)n(-c2ccccc2)n1. The lowest BCUT2D eigenvalue weighted by Gasteiger charge is -2.42. The molecule has 136 valence electrons. The highest BCUT2D eigenvalue weighted by molar-refractivity contribution is 5.92. The number of aromatic nitrogens is 2. The first-order valence-corrected chi connectivity index (χ1v) is 9.18. The van der Waals surface area contributed by atoms with Gasteiger partial charge < -0.3 is 5.32 Å². The van der Waals surface area contributed by atoms with Gasteiger partial charge in [-0.2, -0.15) is 9.78 Å². The molecule has 4 rings (SSSR count). The van der Waals surface area contributed by atoms with E-state index in [9.17, 15) is 9.59 Å². The van der Waals surface area contributed by atoms with E-state index in [2.05, 4.69) is 22.5 Å². The van der Waals surface area contributed by atoms with Crippen molar-refractivity contribution in [2.24, 2.45) is 0 Å². The van der Waals surface area contributed by atoms with Gasteiger partial charge >= 0.3 is 0 Å². The first-order valence-electron chi connectivity index (χ1n) is 9.18. The summed E-state index contributed by atoms with van der Waals surface area (Å²) < 4.78 is 1.26. The van der Waals surface area contributed by atoms with Crippen LogP contribution in [0.1, 0.15) is 35.3 Å². The van der Waals surface area contributed by atoms with Crippen molar-refractivity contribution in [3.05, 3.63) is 94.4 Å². The fourth-order valence-corrected chi connectivity index (χ4v) is 3.59. The van der Waals surface area contributed by atoms with Gasteiger partial charge in [0.2, 0.25) is 0 Å². The zero-order valence-corrected chi connectivity index (χ0v) is 15.0. The fourth-order valence-electron chi connectivity index (χ4n) is 3.59. The van der Waals surface area contributed by atoms with Crippen molar-refractivity contribution in [2.75, 3.05) is 6.54 Å². The third kappa shape index (κ3) is 3.40. The van der Waals surface area contributed by atoms with Crippen molar-refractivity contribution >= 4 is 5.91 Å². The van der Waals surface area contributed by atoms with Crippen molar-refractivity contribution in [3.8, 4) is 5.69 Å². The number of carbonyl (C=O) groups excluding carboxylic acids is 1. The van der Waals surface area contributed by atoms with E-state index in [1.807, 2.05) is 36.4 Å². The van der Waals surface area contributed by atoms with E-state index in [0.29, 0.717) is 12.2 Å². The molecule has 1 heterocycles. The average Bonchev–Trinajstić information content (AvgIpc) is 2.69. The third-order valence-electron chi connectivity index (χ3n) is 5.32. The Hall–Kier alpha value is -3.21. The summed E-state index contributed by atoms with van der Waals surface area (Å²) in [6.45, 7) is 0.571. The Balaban J connectivity index is 1.53. The summed E-state index contributed by atoms with van der Waals surface area (Å²) in [5.41, 5.74) is 1.87. The van der Waals surface area contributed by atoms with E-state index in [-0.39, 0.29) is 22.6 Å². The first-order chi connectivity index (χ1) is 13.2. The quantitative estimate of drug-likeness (QED) is 0.761. The Bertz CT molecular complexity index is 993. The molecule has 27 heavy (non-hydrogen) atoms. The summed E-state index contributed by atoms with van der Waals surface area (Å²) in [5, 5.41) is 7.27. The number of benzene rings is 2.